The zero-order valence-electron chi connectivity index (χ0n) is 18.9. The predicted octanol–water partition coefficient (Wildman–Crippen LogP) is 3.60. The molecule has 3 aromatic rings. The van der Waals surface area contributed by atoms with Crippen LogP contribution < -0.4 is 19.6 Å². The van der Waals surface area contributed by atoms with E-state index in [4.69, 9.17) is 14.7 Å². The van der Waals surface area contributed by atoms with Crippen LogP contribution in [0.15, 0.2) is 36.5 Å². The minimum absolute atomic E-state index is 0.237. The van der Waals surface area contributed by atoms with Crippen LogP contribution in [0.1, 0.15) is 54.8 Å². The molecule has 166 valence electrons. The van der Waals surface area contributed by atoms with E-state index in [1.165, 1.54) is 11.8 Å². The number of nitrogens with one attached hydrogen (secondary N) is 1. The summed E-state index contributed by atoms with van der Waals surface area (Å²) in [7, 11) is 3.09. The quantitative estimate of drug-likeness (QED) is 0.620. The number of hydrogen-bond donors (Lipinski definition) is 1. The number of anilines is 1. The lowest BCUT2D eigenvalue weighted by molar-refractivity contribution is -0.890. The van der Waals surface area contributed by atoms with Crippen molar-refractivity contribution in [1.29, 1.82) is 5.26 Å². The summed E-state index contributed by atoms with van der Waals surface area (Å²) in [5.41, 5.74) is 2.32. The van der Waals surface area contributed by atoms with Gasteiger partial charge in [0.2, 0.25) is 5.69 Å². The molecule has 0 spiro atoms. The predicted molar refractivity (Wildman–Crippen MR) is 119 cm³/mol. The summed E-state index contributed by atoms with van der Waals surface area (Å²) in [6.07, 6.45) is 5.58. The Kier molecular flexibility index (Phi) is 5.74. The van der Waals surface area contributed by atoms with Gasteiger partial charge in [-0.15, -0.1) is 0 Å². The van der Waals surface area contributed by atoms with Crippen LogP contribution in [0.4, 0.5) is 5.69 Å². The van der Waals surface area contributed by atoms with Crippen molar-refractivity contribution in [3.05, 3.63) is 47.9 Å². The van der Waals surface area contributed by atoms with Crippen molar-refractivity contribution in [1.82, 2.24) is 9.78 Å². The Morgan fingerprint density at radius 2 is 2.06 bits per heavy atom. The second kappa shape index (κ2) is 8.50. The van der Waals surface area contributed by atoms with Gasteiger partial charge in [-0.3, -0.25) is 14.3 Å². The Labute approximate surface area is 187 Å². The van der Waals surface area contributed by atoms with Gasteiger partial charge in [0.15, 0.2) is 0 Å². The van der Waals surface area contributed by atoms with Crippen molar-refractivity contribution in [2.24, 2.45) is 5.41 Å². The molecule has 2 heterocycles. The third kappa shape index (κ3) is 3.98. The Morgan fingerprint density at radius 1 is 1.31 bits per heavy atom. The van der Waals surface area contributed by atoms with Crippen molar-refractivity contribution in [3.63, 3.8) is 0 Å². The molecule has 1 amide bonds. The van der Waals surface area contributed by atoms with Crippen LogP contribution >= 0.6 is 0 Å². The number of hydrogen-bond acceptors (Lipinski definition) is 5. The van der Waals surface area contributed by atoms with Crippen LogP contribution in [0.25, 0.3) is 10.9 Å². The molecule has 1 saturated carbocycles. The van der Waals surface area contributed by atoms with E-state index in [9.17, 15) is 10.1 Å². The number of amides is 1. The first-order chi connectivity index (χ1) is 15.4. The third-order valence-electron chi connectivity index (χ3n) is 6.34. The summed E-state index contributed by atoms with van der Waals surface area (Å²) in [6, 6.07) is 11.8. The first kappa shape index (κ1) is 21.6. The van der Waals surface area contributed by atoms with Crippen molar-refractivity contribution in [2.45, 2.75) is 45.6 Å². The summed E-state index contributed by atoms with van der Waals surface area (Å²) in [5, 5.41) is 18.0. The Morgan fingerprint density at radius 3 is 2.72 bits per heavy atom. The molecule has 1 aliphatic carbocycles. The van der Waals surface area contributed by atoms with Crippen LogP contribution in [0.5, 0.6) is 5.75 Å². The van der Waals surface area contributed by atoms with E-state index in [0.717, 1.165) is 42.3 Å². The molecule has 0 saturated heterocycles. The fourth-order valence-corrected chi connectivity index (χ4v) is 4.34. The molecule has 8 heteroatoms. The number of aryl methyl sites for hydroxylation is 1. The number of carbonyl (C=O) groups is 1. The number of fused-ring (bicyclic) bond motifs is 1. The van der Waals surface area contributed by atoms with E-state index in [1.807, 2.05) is 49.0 Å². The molecule has 1 N–H and O–H groups in total. The zero-order valence-corrected chi connectivity index (χ0v) is 18.9. The maximum Gasteiger partial charge on any atom is 0.325 e. The number of aromatic nitrogens is 3. The summed E-state index contributed by atoms with van der Waals surface area (Å²) in [5.74, 6) is 0.233. The lowest BCUT2D eigenvalue weighted by Crippen LogP contribution is -2.49. The fraction of sp³-hybridized carbons (Fsp3) is 0.417. The molecular formula is C24H28N5O3+. The number of benzene rings is 1. The lowest BCUT2D eigenvalue weighted by atomic mass is 9.75. The van der Waals surface area contributed by atoms with E-state index in [0.29, 0.717) is 17.1 Å². The Balaban J connectivity index is 1.61. The van der Waals surface area contributed by atoms with E-state index >= 15 is 0 Å². The van der Waals surface area contributed by atoms with Crippen LogP contribution in [0, 0.1) is 23.7 Å². The third-order valence-corrected chi connectivity index (χ3v) is 6.34. The Hall–Kier alpha value is -3.60. The van der Waals surface area contributed by atoms with Crippen LogP contribution in [-0.2, 0) is 0 Å². The van der Waals surface area contributed by atoms with Gasteiger partial charge in [0.1, 0.15) is 12.9 Å². The molecule has 0 unspecified atom stereocenters. The van der Waals surface area contributed by atoms with E-state index in [1.54, 1.807) is 13.2 Å². The highest BCUT2D eigenvalue weighted by Gasteiger charge is 2.32. The van der Waals surface area contributed by atoms with E-state index in [-0.39, 0.29) is 17.4 Å². The molecular weight excluding hydrogens is 406 g/mol. The zero-order chi connectivity index (χ0) is 22.9. The summed E-state index contributed by atoms with van der Waals surface area (Å²) in [6.45, 7) is 3.90. The highest BCUT2D eigenvalue weighted by atomic mass is 16.6. The van der Waals surface area contributed by atoms with Gasteiger partial charge in [-0.05, 0) is 44.7 Å². The average Bonchev–Trinajstić information content (AvgIpc) is 3.21. The number of nitrogens with zero attached hydrogens (tertiary/aromatic N) is 4. The number of methoxy groups -OCH3 is 1. The number of nitriles is 1. The van der Waals surface area contributed by atoms with Gasteiger partial charge in [-0.1, -0.05) is 0 Å². The molecule has 0 bridgehead atoms. The van der Waals surface area contributed by atoms with Crippen molar-refractivity contribution >= 4 is 22.5 Å². The molecule has 4 rings (SSSR count). The first-order valence-corrected chi connectivity index (χ1v) is 10.7. The number of rotatable bonds is 5. The lowest BCUT2D eigenvalue weighted by Gasteiger charge is -2.31. The van der Waals surface area contributed by atoms with Crippen LogP contribution in [0.2, 0.25) is 0 Å². The smallest absolute Gasteiger partial charge is 0.325 e. The van der Waals surface area contributed by atoms with E-state index < -0.39 is 0 Å². The summed E-state index contributed by atoms with van der Waals surface area (Å²) in [4.78, 5) is 18.3. The van der Waals surface area contributed by atoms with Crippen LogP contribution in [-0.4, -0.2) is 29.9 Å². The second-order valence-electron chi connectivity index (χ2n) is 8.61. The van der Waals surface area contributed by atoms with Crippen molar-refractivity contribution in [2.75, 3.05) is 19.5 Å². The average molecular weight is 435 g/mol. The minimum atomic E-state index is -0.302. The van der Waals surface area contributed by atoms with Gasteiger partial charge < -0.3 is 10.1 Å². The molecule has 1 aliphatic rings. The maximum absolute atomic E-state index is 13.0. The largest absolute Gasteiger partial charge is 0.494 e. The van der Waals surface area contributed by atoms with E-state index in [2.05, 4.69) is 11.4 Å². The van der Waals surface area contributed by atoms with Gasteiger partial charge in [-0.25, -0.2) is 0 Å². The molecule has 1 aromatic carbocycles. The summed E-state index contributed by atoms with van der Waals surface area (Å²) < 4.78 is 9.00. The van der Waals surface area contributed by atoms with Gasteiger partial charge in [0.25, 0.3) is 0 Å². The van der Waals surface area contributed by atoms with Gasteiger partial charge in [0.05, 0.1) is 35.8 Å². The van der Waals surface area contributed by atoms with Crippen molar-refractivity contribution in [3.8, 4) is 11.8 Å². The molecule has 1 fully saturated rings. The highest BCUT2D eigenvalue weighted by Crippen LogP contribution is 2.40. The SMILES string of the molecule is COc1cc2nn(C3CCC(C)(C#N)CC3)cc2cc1NC(=O)c1cccc(C)[n+]1OC. The van der Waals surface area contributed by atoms with Gasteiger partial charge >= 0.3 is 11.6 Å². The first-order valence-electron chi connectivity index (χ1n) is 10.7. The monoisotopic (exact) mass is 434 g/mol. The minimum Gasteiger partial charge on any atom is -0.494 e. The molecule has 0 aliphatic heterocycles. The number of ether oxygens (including phenoxy) is 1. The standard InChI is InChI=1S/C24H27N5O3/c1-16-6-5-7-21(29(16)32-4)23(30)26-20-12-17-14-28(27-19(17)13-22(20)31-3)18-8-10-24(2,15-25)11-9-18/h5-7,12-14,18H,8-11H2,1-4H3/p+1. The molecule has 0 atom stereocenters. The fourth-order valence-electron chi connectivity index (χ4n) is 4.34. The molecule has 32 heavy (non-hydrogen) atoms. The second-order valence-corrected chi connectivity index (χ2v) is 8.61. The molecule has 2 aromatic heterocycles. The molecule has 8 nitrogen and oxygen atoms in total. The topological polar surface area (TPSA) is 93.0 Å². The Bertz CT molecular complexity index is 1200. The molecule has 0 radical (unpaired) electrons. The normalized spacial score (nSPS) is 20.5. The van der Waals surface area contributed by atoms with Crippen molar-refractivity contribution < 1.29 is 19.1 Å². The van der Waals surface area contributed by atoms with Gasteiger partial charge in [-0.2, -0.15) is 10.4 Å². The number of carbonyl (C=O) groups excluding carboxylic acids is 1. The maximum atomic E-state index is 13.0. The highest BCUT2D eigenvalue weighted by molar-refractivity contribution is 6.04. The van der Waals surface area contributed by atoms with Crippen LogP contribution in [0.3, 0.4) is 0 Å². The number of pyridine rings is 1. The van der Waals surface area contributed by atoms with Gasteiger partial charge in [0, 0.05) is 41.4 Å². The summed E-state index contributed by atoms with van der Waals surface area (Å²) >= 11 is 0.